The van der Waals surface area contributed by atoms with Crippen molar-refractivity contribution in [1.82, 2.24) is 10.3 Å². The lowest BCUT2D eigenvalue weighted by atomic mass is 10.2. The van der Waals surface area contributed by atoms with Crippen molar-refractivity contribution in [2.24, 2.45) is 0 Å². The molecule has 96 valence electrons. The van der Waals surface area contributed by atoms with E-state index in [-0.39, 0.29) is 0 Å². The second-order valence-corrected chi connectivity index (χ2v) is 6.46. The minimum Gasteiger partial charge on any atom is -0.312 e. The number of rotatable bonds is 5. The maximum Gasteiger partial charge on any atom is 0.103 e. The monoisotopic (exact) mass is 278 g/mol. The normalized spacial score (nSPS) is 12.6. The topological polar surface area (TPSA) is 24.9 Å². The largest absolute Gasteiger partial charge is 0.312 e. The quantitative estimate of drug-likeness (QED) is 0.836. The Morgan fingerprint density at radius 2 is 2.06 bits per heavy atom. The number of hydrogen-bond donors (Lipinski definition) is 1. The number of aromatic nitrogens is 1. The van der Waals surface area contributed by atoms with Crippen molar-refractivity contribution in [3.05, 3.63) is 45.9 Å². The minimum absolute atomic E-state index is 0.389. The number of hydrogen-bond acceptors (Lipinski definition) is 4. The van der Waals surface area contributed by atoms with Crippen molar-refractivity contribution in [2.75, 3.05) is 7.05 Å². The Kier molecular flexibility index (Phi) is 4.80. The van der Waals surface area contributed by atoms with Crippen LogP contribution >= 0.6 is 23.1 Å². The van der Waals surface area contributed by atoms with Gasteiger partial charge in [0, 0.05) is 22.0 Å². The Morgan fingerprint density at radius 3 is 2.72 bits per heavy atom. The molecule has 0 amide bonds. The predicted molar refractivity (Wildman–Crippen MR) is 80.3 cm³/mol. The van der Waals surface area contributed by atoms with Crippen molar-refractivity contribution < 1.29 is 0 Å². The molecular formula is C14H18N2S2. The highest BCUT2D eigenvalue weighted by atomic mass is 32.2. The summed E-state index contributed by atoms with van der Waals surface area (Å²) in [5, 5.41) is 4.43. The third-order valence-corrected chi connectivity index (χ3v) is 5.20. The number of aryl methyl sites for hydroxylation is 1. The molecule has 18 heavy (non-hydrogen) atoms. The van der Waals surface area contributed by atoms with Gasteiger partial charge in [0.1, 0.15) is 5.01 Å². The first kappa shape index (κ1) is 13.6. The van der Waals surface area contributed by atoms with Gasteiger partial charge in [0.2, 0.25) is 0 Å². The third-order valence-electron chi connectivity index (χ3n) is 2.81. The first-order chi connectivity index (χ1) is 8.69. The average Bonchev–Trinajstić information content (AvgIpc) is 2.86. The lowest BCUT2D eigenvalue weighted by Crippen LogP contribution is -2.10. The first-order valence-electron chi connectivity index (χ1n) is 6.00. The molecule has 0 saturated heterocycles. The lowest BCUT2D eigenvalue weighted by Gasteiger charge is -2.04. The fourth-order valence-corrected chi connectivity index (χ4v) is 3.40. The van der Waals surface area contributed by atoms with E-state index in [2.05, 4.69) is 48.4 Å². The molecule has 0 radical (unpaired) electrons. The molecule has 0 spiro atoms. The van der Waals surface area contributed by atoms with Gasteiger partial charge in [-0.2, -0.15) is 0 Å². The highest BCUT2D eigenvalue weighted by Crippen LogP contribution is 2.27. The highest BCUT2D eigenvalue weighted by Gasteiger charge is 2.07. The highest BCUT2D eigenvalue weighted by molar-refractivity contribution is 7.98. The van der Waals surface area contributed by atoms with E-state index in [4.69, 9.17) is 0 Å². The molecule has 0 aliphatic rings. The van der Waals surface area contributed by atoms with E-state index < -0.39 is 0 Å². The summed E-state index contributed by atoms with van der Waals surface area (Å²) >= 11 is 3.64. The SMILES string of the molecule is CNC(C)c1cnc(CSc2ccc(C)cc2)s1. The zero-order chi connectivity index (χ0) is 13.0. The average molecular weight is 278 g/mol. The molecule has 4 heteroatoms. The molecule has 2 aromatic rings. The molecule has 2 rings (SSSR count). The molecule has 0 saturated carbocycles. The van der Waals surface area contributed by atoms with Crippen LogP contribution in [0.25, 0.3) is 0 Å². The van der Waals surface area contributed by atoms with E-state index in [0.29, 0.717) is 6.04 Å². The number of thioether (sulfide) groups is 1. The van der Waals surface area contributed by atoms with Crippen molar-refractivity contribution in [3.8, 4) is 0 Å². The fourth-order valence-electron chi connectivity index (χ4n) is 1.51. The number of thiazole rings is 1. The van der Waals surface area contributed by atoms with Gasteiger partial charge in [-0.05, 0) is 33.0 Å². The van der Waals surface area contributed by atoms with E-state index >= 15 is 0 Å². The molecule has 1 aromatic carbocycles. The zero-order valence-electron chi connectivity index (χ0n) is 10.9. The van der Waals surface area contributed by atoms with Crippen LogP contribution in [-0.4, -0.2) is 12.0 Å². The third kappa shape index (κ3) is 3.57. The number of benzene rings is 1. The van der Waals surface area contributed by atoms with Gasteiger partial charge < -0.3 is 5.32 Å². The van der Waals surface area contributed by atoms with Crippen LogP contribution in [0.4, 0.5) is 0 Å². The van der Waals surface area contributed by atoms with Crippen molar-refractivity contribution in [2.45, 2.75) is 30.5 Å². The van der Waals surface area contributed by atoms with Gasteiger partial charge in [0.25, 0.3) is 0 Å². The van der Waals surface area contributed by atoms with Gasteiger partial charge in [0.05, 0.1) is 5.75 Å². The van der Waals surface area contributed by atoms with E-state index in [9.17, 15) is 0 Å². The molecule has 2 nitrogen and oxygen atoms in total. The van der Waals surface area contributed by atoms with E-state index in [1.807, 2.05) is 25.0 Å². The van der Waals surface area contributed by atoms with E-state index in [0.717, 1.165) is 5.75 Å². The van der Waals surface area contributed by atoms with Crippen LogP contribution in [0.2, 0.25) is 0 Å². The first-order valence-corrected chi connectivity index (χ1v) is 7.80. The van der Waals surface area contributed by atoms with Crippen LogP contribution in [0, 0.1) is 6.92 Å². The van der Waals surface area contributed by atoms with Gasteiger partial charge in [-0.25, -0.2) is 4.98 Å². The second-order valence-electron chi connectivity index (χ2n) is 4.27. The predicted octanol–water partition coefficient (Wildman–Crippen LogP) is 4.02. The molecule has 1 unspecified atom stereocenters. The maximum absolute atomic E-state index is 4.48. The lowest BCUT2D eigenvalue weighted by molar-refractivity contribution is 0.662. The van der Waals surface area contributed by atoms with Gasteiger partial charge in [0.15, 0.2) is 0 Å². The van der Waals surface area contributed by atoms with E-state index in [1.54, 1.807) is 11.3 Å². The summed E-state index contributed by atoms with van der Waals surface area (Å²) in [7, 11) is 1.98. The molecule has 1 aromatic heterocycles. The van der Waals surface area contributed by atoms with Gasteiger partial charge in [-0.3, -0.25) is 0 Å². The van der Waals surface area contributed by atoms with Gasteiger partial charge in [-0.15, -0.1) is 23.1 Å². The molecule has 0 bridgehead atoms. The summed E-state index contributed by atoms with van der Waals surface area (Å²) in [4.78, 5) is 7.08. The Balaban J connectivity index is 1.94. The van der Waals surface area contributed by atoms with Crippen molar-refractivity contribution in [3.63, 3.8) is 0 Å². The molecule has 0 aliphatic heterocycles. The Bertz CT molecular complexity index is 491. The van der Waals surface area contributed by atoms with Gasteiger partial charge >= 0.3 is 0 Å². The molecule has 1 atom stereocenters. The van der Waals surface area contributed by atoms with Crippen molar-refractivity contribution >= 4 is 23.1 Å². The molecule has 1 heterocycles. The van der Waals surface area contributed by atoms with Crippen LogP contribution in [0.3, 0.4) is 0 Å². The second kappa shape index (κ2) is 6.36. The fraction of sp³-hybridized carbons (Fsp3) is 0.357. The van der Waals surface area contributed by atoms with Crippen LogP contribution in [0.15, 0.2) is 35.4 Å². The molecule has 1 N–H and O–H groups in total. The van der Waals surface area contributed by atoms with Crippen LogP contribution < -0.4 is 5.32 Å². The summed E-state index contributed by atoms with van der Waals surface area (Å²) < 4.78 is 0. The standard InChI is InChI=1S/C14H18N2S2/c1-10-4-6-12(7-5-10)17-9-14-16-8-13(18-14)11(2)15-3/h4-8,11,15H,9H2,1-3H3. The van der Waals surface area contributed by atoms with Crippen LogP contribution in [0.1, 0.15) is 28.4 Å². The molecular weight excluding hydrogens is 260 g/mol. The maximum atomic E-state index is 4.48. The summed E-state index contributed by atoms with van der Waals surface area (Å²) in [6, 6.07) is 9.04. The number of nitrogens with zero attached hydrogens (tertiary/aromatic N) is 1. The van der Waals surface area contributed by atoms with Crippen LogP contribution in [0.5, 0.6) is 0 Å². The Hall–Kier alpha value is -0.840. The summed E-state index contributed by atoms with van der Waals surface area (Å²) in [5.74, 6) is 0.949. The molecule has 0 aliphatic carbocycles. The van der Waals surface area contributed by atoms with Gasteiger partial charge in [-0.1, -0.05) is 17.7 Å². The summed E-state index contributed by atoms with van der Waals surface area (Å²) in [6.45, 7) is 4.27. The van der Waals surface area contributed by atoms with Crippen LogP contribution in [-0.2, 0) is 5.75 Å². The van der Waals surface area contributed by atoms with E-state index in [1.165, 1.54) is 20.3 Å². The number of nitrogens with one attached hydrogen (secondary N) is 1. The zero-order valence-corrected chi connectivity index (χ0v) is 12.6. The minimum atomic E-state index is 0.389. The Labute approximate surface area is 117 Å². The summed E-state index contributed by atoms with van der Waals surface area (Å²) in [5.41, 5.74) is 1.30. The molecule has 0 fully saturated rings. The smallest absolute Gasteiger partial charge is 0.103 e. The Morgan fingerprint density at radius 1 is 1.33 bits per heavy atom. The summed E-state index contributed by atoms with van der Waals surface area (Å²) in [6.07, 6.45) is 1.98. The van der Waals surface area contributed by atoms with Crippen molar-refractivity contribution in [1.29, 1.82) is 0 Å².